The first-order valence-electron chi connectivity index (χ1n) is 9.09. The highest BCUT2D eigenvalue weighted by atomic mass is 35.5. The number of likely N-dealkylation sites (tertiary alicyclic amines) is 1. The van der Waals surface area contributed by atoms with E-state index in [1.165, 1.54) is 0 Å². The molecule has 1 aromatic carbocycles. The highest BCUT2D eigenvalue weighted by Crippen LogP contribution is 2.36. The number of nitrogens with zero attached hydrogens (tertiary/aromatic N) is 2. The van der Waals surface area contributed by atoms with Gasteiger partial charge in [0.2, 0.25) is 11.8 Å². The van der Waals surface area contributed by atoms with E-state index in [4.69, 9.17) is 11.6 Å². The van der Waals surface area contributed by atoms with Crippen molar-refractivity contribution in [1.82, 2.24) is 4.90 Å². The Morgan fingerprint density at radius 1 is 1.24 bits per heavy atom. The van der Waals surface area contributed by atoms with E-state index in [9.17, 15) is 9.59 Å². The molecule has 2 atom stereocenters. The minimum atomic E-state index is -0.408. The largest absolute Gasteiger partial charge is 0.341 e. The smallest absolute Gasteiger partial charge is 0.232 e. The SMILES string of the molecule is CC1Cc2cc(Cl)ccc2N1C(=O)C1CCCN(C(=O)C(C)(C)C)C1. The lowest BCUT2D eigenvalue weighted by Gasteiger charge is -2.37. The number of carbonyl (C=O) groups excluding carboxylic acids is 2. The van der Waals surface area contributed by atoms with Crippen LogP contribution in [0.4, 0.5) is 5.69 Å². The van der Waals surface area contributed by atoms with Gasteiger partial charge in [0.05, 0.1) is 5.92 Å². The van der Waals surface area contributed by atoms with Gasteiger partial charge in [-0.25, -0.2) is 0 Å². The van der Waals surface area contributed by atoms with Gasteiger partial charge >= 0.3 is 0 Å². The molecular weight excluding hydrogens is 336 g/mol. The Kier molecular flexibility index (Phi) is 4.84. The molecule has 1 saturated heterocycles. The highest BCUT2D eigenvalue weighted by molar-refractivity contribution is 6.30. The van der Waals surface area contributed by atoms with Crippen LogP contribution in [0.15, 0.2) is 18.2 Å². The van der Waals surface area contributed by atoms with Crippen molar-refractivity contribution in [2.45, 2.75) is 53.0 Å². The van der Waals surface area contributed by atoms with Crippen LogP contribution in [0.25, 0.3) is 0 Å². The molecule has 0 aliphatic carbocycles. The molecule has 4 nitrogen and oxygen atoms in total. The molecule has 1 fully saturated rings. The third-order valence-electron chi connectivity index (χ3n) is 5.19. The summed E-state index contributed by atoms with van der Waals surface area (Å²) < 4.78 is 0. The van der Waals surface area contributed by atoms with Gasteiger partial charge in [-0.15, -0.1) is 0 Å². The number of carbonyl (C=O) groups is 2. The number of halogens is 1. The highest BCUT2D eigenvalue weighted by Gasteiger charge is 2.38. The number of amides is 2. The summed E-state index contributed by atoms with van der Waals surface area (Å²) in [7, 11) is 0. The number of hydrogen-bond acceptors (Lipinski definition) is 2. The molecule has 2 aliphatic heterocycles. The monoisotopic (exact) mass is 362 g/mol. The fourth-order valence-electron chi connectivity index (χ4n) is 3.97. The number of fused-ring (bicyclic) bond motifs is 1. The number of hydrogen-bond donors (Lipinski definition) is 0. The van der Waals surface area contributed by atoms with Crippen molar-refractivity contribution in [1.29, 1.82) is 0 Å². The predicted molar refractivity (Wildman–Crippen MR) is 101 cm³/mol. The maximum absolute atomic E-state index is 13.2. The van der Waals surface area contributed by atoms with Crippen molar-refractivity contribution < 1.29 is 9.59 Å². The van der Waals surface area contributed by atoms with Crippen LogP contribution in [0, 0.1) is 11.3 Å². The Bertz CT molecular complexity index is 695. The number of rotatable bonds is 1. The van der Waals surface area contributed by atoms with Crippen molar-refractivity contribution in [2.24, 2.45) is 11.3 Å². The average Bonchev–Trinajstić information content (AvgIpc) is 2.87. The second-order valence-corrected chi connectivity index (χ2v) is 8.81. The molecular formula is C20H27ClN2O2. The quantitative estimate of drug-likeness (QED) is 0.760. The summed E-state index contributed by atoms with van der Waals surface area (Å²) >= 11 is 6.10. The summed E-state index contributed by atoms with van der Waals surface area (Å²) in [4.78, 5) is 29.6. The summed E-state index contributed by atoms with van der Waals surface area (Å²) in [6.07, 6.45) is 2.56. The van der Waals surface area contributed by atoms with Crippen LogP contribution in [0.1, 0.15) is 46.1 Å². The lowest BCUT2D eigenvalue weighted by Crippen LogP contribution is -2.50. The van der Waals surface area contributed by atoms with Gasteiger partial charge in [-0.3, -0.25) is 9.59 Å². The molecule has 25 heavy (non-hydrogen) atoms. The number of benzene rings is 1. The van der Waals surface area contributed by atoms with Gasteiger partial charge in [0.25, 0.3) is 0 Å². The van der Waals surface area contributed by atoms with Crippen LogP contribution in [0.2, 0.25) is 5.02 Å². The van der Waals surface area contributed by atoms with Gasteiger partial charge in [0.1, 0.15) is 0 Å². The molecule has 0 aromatic heterocycles. The number of anilines is 1. The molecule has 0 spiro atoms. The van der Waals surface area contributed by atoms with Gasteiger partial charge in [-0.2, -0.15) is 0 Å². The fraction of sp³-hybridized carbons (Fsp3) is 0.600. The van der Waals surface area contributed by atoms with E-state index in [-0.39, 0.29) is 23.8 Å². The minimum absolute atomic E-state index is 0.121. The third-order valence-corrected chi connectivity index (χ3v) is 5.43. The Morgan fingerprint density at radius 3 is 2.64 bits per heavy atom. The summed E-state index contributed by atoms with van der Waals surface area (Å²) in [6.45, 7) is 9.16. The molecule has 0 bridgehead atoms. The van der Waals surface area contributed by atoms with Crippen molar-refractivity contribution in [3.05, 3.63) is 28.8 Å². The first-order chi connectivity index (χ1) is 11.7. The van der Waals surface area contributed by atoms with E-state index in [2.05, 4.69) is 6.92 Å². The van der Waals surface area contributed by atoms with E-state index in [1.807, 2.05) is 48.8 Å². The Balaban J connectivity index is 1.78. The topological polar surface area (TPSA) is 40.6 Å². The second kappa shape index (κ2) is 6.64. The van der Waals surface area contributed by atoms with Crippen LogP contribution in [0.5, 0.6) is 0 Å². The normalized spacial score (nSPS) is 23.6. The summed E-state index contributed by atoms with van der Waals surface area (Å²) in [5.74, 6) is 0.149. The Labute approximate surface area is 155 Å². The molecule has 0 N–H and O–H groups in total. The standard InChI is InChI=1S/C20H27ClN2O2/c1-13-10-15-11-16(21)7-8-17(15)23(13)18(24)14-6-5-9-22(12-14)19(25)20(2,3)4/h7-8,11,13-14H,5-6,9-10,12H2,1-4H3. The molecule has 0 saturated carbocycles. The van der Waals surface area contributed by atoms with E-state index in [0.29, 0.717) is 11.6 Å². The van der Waals surface area contributed by atoms with Crippen LogP contribution in [-0.2, 0) is 16.0 Å². The Hall–Kier alpha value is -1.55. The van der Waals surface area contributed by atoms with E-state index in [1.54, 1.807) is 0 Å². The molecule has 1 aromatic rings. The van der Waals surface area contributed by atoms with E-state index < -0.39 is 5.41 Å². The summed E-state index contributed by atoms with van der Waals surface area (Å²) in [5.41, 5.74) is 1.70. The lowest BCUT2D eigenvalue weighted by molar-refractivity contribution is -0.142. The first-order valence-corrected chi connectivity index (χ1v) is 9.47. The molecule has 2 heterocycles. The molecule has 136 valence electrons. The molecule has 3 rings (SSSR count). The molecule has 5 heteroatoms. The van der Waals surface area contributed by atoms with Gasteiger partial charge < -0.3 is 9.80 Å². The summed E-state index contributed by atoms with van der Waals surface area (Å²) in [6, 6.07) is 5.88. The maximum Gasteiger partial charge on any atom is 0.232 e. The van der Waals surface area contributed by atoms with Crippen LogP contribution >= 0.6 is 11.6 Å². The first kappa shape index (κ1) is 18.2. The lowest BCUT2D eigenvalue weighted by atomic mass is 9.90. The van der Waals surface area contributed by atoms with Crippen LogP contribution < -0.4 is 4.90 Å². The van der Waals surface area contributed by atoms with E-state index >= 15 is 0 Å². The van der Waals surface area contributed by atoms with Gasteiger partial charge in [0.15, 0.2) is 0 Å². The zero-order chi connectivity index (χ0) is 18.4. The van der Waals surface area contributed by atoms with Crippen LogP contribution in [-0.4, -0.2) is 35.8 Å². The van der Waals surface area contributed by atoms with Gasteiger partial charge in [0, 0.05) is 35.3 Å². The molecule has 2 unspecified atom stereocenters. The van der Waals surface area contributed by atoms with Crippen LogP contribution in [0.3, 0.4) is 0 Å². The second-order valence-electron chi connectivity index (χ2n) is 8.37. The van der Waals surface area contributed by atoms with E-state index in [0.717, 1.165) is 37.1 Å². The van der Waals surface area contributed by atoms with Crippen molar-refractivity contribution in [2.75, 3.05) is 18.0 Å². The maximum atomic E-state index is 13.2. The Morgan fingerprint density at radius 2 is 1.96 bits per heavy atom. The third kappa shape index (κ3) is 3.55. The zero-order valence-corrected chi connectivity index (χ0v) is 16.3. The van der Waals surface area contributed by atoms with Crippen molar-refractivity contribution in [3.8, 4) is 0 Å². The molecule has 2 aliphatic rings. The predicted octanol–water partition coefficient (Wildman–Crippen LogP) is 3.90. The van der Waals surface area contributed by atoms with Crippen molar-refractivity contribution >= 4 is 29.1 Å². The minimum Gasteiger partial charge on any atom is -0.341 e. The molecule has 2 amide bonds. The van der Waals surface area contributed by atoms with Gasteiger partial charge in [-0.05, 0) is 49.9 Å². The van der Waals surface area contributed by atoms with Gasteiger partial charge in [-0.1, -0.05) is 32.4 Å². The van der Waals surface area contributed by atoms with Crippen molar-refractivity contribution in [3.63, 3.8) is 0 Å². The molecule has 0 radical (unpaired) electrons. The average molecular weight is 363 g/mol. The zero-order valence-electron chi connectivity index (χ0n) is 15.5. The number of piperidine rings is 1. The summed E-state index contributed by atoms with van der Waals surface area (Å²) in [5, 5.41) is 0.708. The fourth-order valence-corrected chi connectivity index (χ4v) is 4.16.